The van der Waals surface area contributed by atoms with E-state index in [4.69, 9.17) is 4.74 Å². The Morgan fingerprint density at radius 2 is 1.89 bits per heavy atom. The maximum atomic E-state index is 13.3. The number of hydrogen-bond donors (Lipinski definition) is 0. The molecule has 2 aromatic rings. The molecule has 0 N–H and O–H groups in total. The Labute approximate surface area is 163 Å². The van der Waals surface area contributed by atoms with Crippen molar-refractivity contribution in [1.82, 2.24) is 4.90 Å². The molecule has 0 spiro atoms. The van der Waals surface area contributed by atoms with Crippen LogP contribution in [-0.4, -0.2) is 29.6 Å². The molecule has 2 aliphatic rings. The van der Waals surface area contributed by atoms with Gasteiger partial charge in [0.05, 0.1) is 19.6 Å². The number of carbonyl (C=O) groups excluding carboxylic acids is 2. The highest BCUT2D eigenvalue weighted by Gasteiger charge is 2.42. The minimum absolute atomic E-state index is 0.0606. The number of thioether (sulfide) groups is 1. The van der Waals surface area contributed by atoms with Gasteiger partial charge in [-0.05, 0) is 42.0 Å². The van der Waals surface area contributed by atoms with Gasteiger partial charge in [0.25, 0.3) is 5.91 Å². The van der Waals surface area contributed by atoms with Crippen LogP contribution in [0.5, 0.6) is 0 Å². The highest BCUT2D eigenvalue weighted by atomic mass is 32.2. The second kappa shape index (κ2) is 7.77. The molecule has 1 aliphatic heterocycles. The summed E-state index contributed by atoms with van der Waals surface area (Å²) in [6.07, 6.45) is 3.48. The molecule has 0 saturated heterocycles. The Balaban J connectivity index is 1.66. The van der Waals surface area contributed by atoms with E-state index in [1.165, 1.54) is 18.2 Å². The zero-order chi connectivity index (χ0) is 18.8. The average Bonchev–Trinajstić information content (AvgIpc) is 2.99. The van der Waals surface area contributed by atoms with Crippen molar-refractivity contribution in [3.8, 4) is 0 Å². The summed E-state index contributed by atoms with van der Waals surface area (Å²) >= 11 is 1.65. The molecule has 4 rings (SSSR count). The number of esters is 1. The lowest BCUT2D eigenvalue weighted by Crippen LogP contribution is -2.33. The Kier molecular flexibility index (Phi) is 5.21. The van der Waals surface area contributed by atoms with Crippen molar-refractivity contribution in [3.63, 3.8) is 0 Å². The number of rotatable bonds is 5. The molecule has 0 bridgehead atoms. The van der Waals surface area contributed by atoms with E-state index < -0.39 is 0 Å². The third-order valence-corrected chi connectivity index (χ3v) is 6.66. The minimum atomic E-state index is -0.213. The molecule has 2 aromatic carbocycles. The fourth-order valence-corrected chi connectivity index (χ4v) is 5.45. The van der Waals surface area contributed by atoms with Crippen molar-refractivity contribution in [2.75, 3.05) is 12.9 Å². The first-order valence-corrected chi connectivity index (χ1v) is 10.4. The summed E-state index contributed by atoms with van der Waals surface area (Å²) in [6.45, 7) is 0. The number of amides is 1. The van der Waals surface area contributed by atoms with Gasteiger partial charge >= 0.3 is 5.97 Å². The molecular formula is C22H23NO3S. The molecule has 0 fully saturated rings. The first-order valence-electron chi connectivity index (χ1n) is 9.38. The van der Waals surface area contributed by atoms with Crippen molar-refractivity contribution >= 4 is 23.6 Å². The van der Waals surface area contributed by atoms with Crippen LogP contribution in [0.2, 0.25) is 0 Å². The lowest BCUT2D eigenvalue weighted by atomic mass is 9.87. The molecule has 5 heteroatoms. The van der Waals surface area contributed by atoms with Crippen LogP contribution in [0.25, 0.3) is 0 Å². The smallest absolute Gasteiger partial charge is 0.306 e. The molecule has 4 nitrogen and oxygen atoms in total. The van der Waals surface area contributed by atoms with E-state index >= 15 is 0 Å². The van der Waals surface area contributed by atoms with Crippen molar-refractivity contribution < 1.29 is 14.3 Å². The van der Waals surface area contributed by atoms with Crippen LogP contribution in [0, 0.1) is 0 Å². The van der Waals surface area contributed by atoms with Crippen LogP contribution in [0.4, 0.5) is 0 Å². The van der Waals surface area contributed by atoms with Gasteiger partial charge in [0, 0.05) is 11.3 Å². The number of aryl methyl sites for hydroxylation is 1. The third-order valence-electron chi connectivity index (χ3n) is 5.43. The average molecular weight is 381 g/mol. The van der Waals surface area contributed by atoms with Gasteiger partial charge in [-0.3, -0.25) is 9.59 Å². The lowest BCUT2D eigenvalue weighted by molar-refractivity contribution is -0.140. The molecule has 1 aliphatic carbocycles. The maximum absolute atomic E-state index is 13.3. The van der Waals surface area contributed by atoms with Crippen LogP contribution < -0.4 is 0 Å². The first-order chi connectivity index (χ1) is 13.2. The molecule has 0 aromatic heterocycles. The molecule has 2 atom stereocenters. The largest absolute Gasteiger partial charge is 0.469 e. The van der Waals surface area contributed by atoms with Crippen molar-refractivity contribution in [3.05, 3.63) is 70.8 Å². The van der Waals surface area contributed by atoms with E-state index in [9.17, 15) is 9.59 Å². The number of carbonyl (C=O) groups is 2. The summed E-state index contributed by atoms with van der Waals surface area (Å²) in [7, 11) is 1.41. The Morgan fingerprint density at radius 3 is 2.70 bits per heavy atom. The maximum Gasteiger partial charge on any atom is 0.306 e. The summed E-state index contributed by atoms with van der Waals surface area (Å²) < 4.78 is 4.76. The van der Waals surface area contributed by atoms with Gasteiger partial charge in [-0.15, -0.1) is 11.8 Å². The number of fused-ring (bicyclic) bond motifs is 2. The number of nitrogens with zero attached hydrogens (tertiary/aromatic N) is 1. The standard InChI is InChI=1S/C22H23NO3S/c1-26-20(24)13-14-27-22-18-11-5-4-10-17(18)21(25)23(22)19-12-6-8-15-7-2-3-9-16(15)19/h2-5,7,9-11,19,22H,6,8,12-14H2,1H3. The van der Waals surface area contributed by atoms with Crippen LogP contribution in [0.3, 0.4) is 0 Å². The molecule has 0 radical (unpaired) electrons. The highest BCUT2D eigenvalue weighted by molar-refractivity contribution is 7.99. The molecule has 1 heterocycles. The van der Waals surface area contributed by atoms with Gasteiger partial charge in [-0.1, -0.05) is 42.5 Å². The van der Waals surface area contributed by atoms with E-state index in [0.29, 0.717) is 12.2 Å². The minimum Gasteiger partial charge on any atom is -0.469 e. The van der Waals surface area contributed by atoms with Crippen molar-refractivity contribution in [2.24, 2.45) is 0 Å². The van der Waals surface area contributed by atoms with E-state index in [0.717, 1.165) is 30.4 Å². The highest BCUT2D eigenvalue weighted by Crippen LogP contribution is 2.48. The molecule has 27 heavy (non-hydrogen) atoms. The molecule has 0 saturated carbocycles. The van der Waals surface area contributed by atoms with Gasteiger partial charge in [-0.2, -0.15) is 0 Å². The monoisotopic (exact) mass is 381 g/mol. The van der Waals surface area contributed by atoms with Gasteiger partial charge in [0.2, 0.25) is 0 Å². The third kappa shape index (κ3) is 3.36. The SMILES string of the molecule is COC(=O)CCSC1c2ccccc2C(=O)N1C1CCCc2ccccc21. The number of benzene rings is 2. The van der Waals surface area contributed by atoms with Gasteiger partial charge in [-0.25, -0.2) is 0 Å². The van der Waals surface area contributed by atoms with E-state index in [-0.39, 0.29) is 23.3 Å². The summed E-state index contributed by atoms with van der Waals surface area (Å²) in [5.74, 6) is 0.515. The summed E-state index contributed by atoms with van der Waals surface area (Å²) in [5, 5.41) is -0.0606. The van der Waals surface area contributed by atoms with Crippen LogP contribution in [-0.2, 0) is 16.0 Å². The normalized spacial score (nSPS) is 20.9. The fraction of sp³-hybridized carbons (Fsp3) is 0.364. The first kappa shape index (κ1) is 18.1. The Bertz CT molecular complexity index is 866. The van der Waals surface area contributed by atoms with E-state index in [1.807, 2.05) is 29.2 Å². The van der Waals surface area contributed by atoms with E-state index in [1.54, 1.807) is 11.8 Å². The van der Waals surface area contributed by atoms with E-state index in [2.05, 4.69) is 24.3 Å². The molecule has 1 amide bonds. The predicted molar refractivity (Wildman–Crippen MR) is 107 cm³/mol. The number of methoxy groups -OCH3 is 1. The summed E-state index contributed by atoms with van der Waals surface area (Å²) in [4.78, 5) is 26.9. The lowest BCUT2D eigenvalue weighted by Gasteiger charge is -2.37. The molecule has 140 valence electrons. The van der Waals surface area contributed by atoms with Gasteiger partial charge in [0.15, 0.2) is 0 Å². The van der Waals surface area contributed by atoms with Crippen LogP contribution in [0.1, 0.15) is 57.7 Å². The van der Waals surface area contributed by atoms with Crippen molar-refractivity contribution in [2.45, 2.75) is 37.1 Å². The summed E-state index contributed by atoms with van der Waals surface area (Å²) in [5.41, 5.74) is 4.45. The molecule has 2 unspecified atom stereocenters. The second-order valence-electron chi connectivity index (χ2n) is 6.96. The quantitative estimate of drug-likeness (QED) is 0.715. The number of ether oxygens (including phenoxy) is 1. The Hall–Kier alpha value is -2.27. The zero-order valence-electron chi connectivity index (χ0n) is 15.4. The van der Waals surface area contributed by atoms with Crippen LogP contribution >= 0.6 is 11.8 Å². The number of hydrogen-bond acceptors (Lipinski definition) is 4. The topological polar surface area (TPSA) is 46.6 Å². The second-order valence-corrected chi connectivity index (χ2v) is 8.14. The molecular weight excluding hydrogens is 358 g/mol. The summed E-state index contributed by atoms with van der Waals surface area (Å²) in [6, 6.07) is 16.4. The zero-order valence-corrected chi connectivity index (χ0v) is 16.2. The van der Waals surface area contributed by atoms with Gasteiger partial charge in [0.1, 0.15) is 5.37 Å². The van der Waals surface area contributed by atoms with Gasteiger partial charge < -0.3 is 9.64 Å². The fourth-order valence-electron chi connectivity index (χ4n) is 4.15. The predicted octanol–water partition coefficient (Wildman–Crippen LogP) is 4.51. The van der Waals surface area contributed by atoms with Crippen LogP contribution in [0.15, 0.2) is 48.5 Å². The Morgan fingerprint density at radius 1 is 1.15 bits per heavy atom. The van der Waals surface area contributed by atoms with Crippen molar-refractivity contribution in [1.29, 1.82) is 0 Å².